The molecular weight excluding hydrogens is 365 g/mol. The van der Waals surface area contributed by atoms with Gasteiger partial charge in [-0.2, -0.15) is 4.99 Å². The van der Waals surface area contributed by atoms with Crippen molar-refractivity contribution in [3.05, 3.63) is 53.9 Å². The first kappa shape index (κ1) is 19.3. The molecule has 0 aliphatic heterocycles. The summed E-state index contributed by atoms with van der Waals surface area (Å²) in [5.74, 6) is 0.157. The number of ether oxygens (including phenoxy) is 2. The molecular formula is C19H20FN5O3. The molecule has 0 bridgehead atoms. The van der Waals surface area contributed by atoms with E-state index in [9.17, 15) is 9.18 Å². The maximum atomic E-state index is 14.1. The number of aliphatic imine (C=N–C) groups is 1. The molecule has 0 saturated heterocycles. The van der Waals surface area contributed by atoms with Crippen LogP contribution in [0.3, 0.4) is 0 Å². The van der Waals surface area contributed by atoms with Crippen molar-refractivity contribution in [1.29, 1.82) is 0 Å². The van der Waals surface area contributed by atoms with Crippen molar-refractivity contribution in [2.75, 3.05) is 12.4 Å². The van der Waals surface area contributed by atoms with Crippen LogP contribution in [0, 0.1) is 11.7 Å². The van der Waals surface area contributed by atoms with Crippen LogP contribution in [0.1, 0.15) is 30.3 Å². The number of amidine groups is 1. The lowest BCUT2D eigenvalue weighted by Gasteiger charge is -2.11. The molecule has 0 saturated carbocycles. The van der Waals surface area contributed by atoms with Crippen molar-refractivity contribution >= 4 is 23.3 Å². The molecule has 1 aliphatic carbocycles. The number of nitrogens with two attached hydrogens (primary N) is 1. The molecule has 0 unspecified atom stereocenters. The quantitative estimate of drug-likeness (QED) is 0.604. The van der Waals surface area contributed by atoms with Crippen LogP contribution in [0.2, 0.25) is 0 Å². The Morgan fingerprint density at radius 1 is 1.36 bits per heavy atom. The Kier molecular flexibility index (Phi) is 5.83. The monoisotopic (exact) mass is 385 g/mol. The highest BCUT2D eigenvalue weighted by Crippen LogP contribution is 2.27. The van der Waals surface area contributed by atoms with E-state index in [-0.39, 0.29) is 29.2 Å². The fraction of sp³-hybridized carbons (Fsp3) is 0.263. The van der Waals surface area contributed by atoms with Gasteiger partial charge in [0.05, 0.1) is 19.5 Å². The summed E-state index contributed by atoms with van der Waals surface area (Å²) in [5.41, 5.74) is 6.14. The van der Waals surface area contributed by atoms with Crippen molar-refractivity contribution in [2.24, 2.45) is 16.6 Å². The second-order valence-electron chi connectivity index (χ2n) is 6.20. The zero-order chi connectivity index (χ0) is 20.1. The number of aromatic nitrogens is 2. The Balaban J connectivity index is 1.73. The summed E-state index contributed by atoms with van der Waals surface area (Å²) in [6.45, 7) is 2.02. The van der Waals surface area contributed by atoms with Gasteiger partial charge in [0.2, 0.25) is 5.88 Å². The first-order valence-electron chi connectivity index (χ1n) is 8.65. The van der Waals surface area contributed by atoms with Crippen LogP contribution >= 0.6 is 0 Å². The fourth-order valence-electron chi connectivity index (χ4n) is 2.63. The first-order chi connectivity index (χ1) is 13.5. The summed E-state index contributed by atoms with van der Waals surface area (Å²) in [6, 6.07) is 3.77. The molecule has 8 nitrogen and oxygen atoms in total. The predicted molar refractivity (Wildman–Crippen MR) is 102 cm³/mol. The lowest BCUT2D eigenvalue weighted by molar-refractivity contribution is 0.102. The molecule has 1 amide bonds. The number of methoxy groups -OCH3 is 1. The predicted octanol–water partition coefficient (Wildman–Crippen LogP) is 3.15. The second kappa shape index (κ2) is 8.47. The van der Waals surface area contributed by atoms with Gasteiger partial charge >= 0.3 is 0 Å². The molecule has 146 valence electrons. The highest BCUT2D eigenvalue weighted by Gasteiger charge is 2.17. The smallest absolute Gasteiger partial charge is 0.292 e. The fourth-order valence-corrected chi connectivity index (χ4v) is 2.63. The highest BCUT2D eigenvalue weighted by atomic mass is 19.1. The van der Waals surface area contributed by atoms with Gasteiger partial charge in [0.15, 0.2) is 0 Å². The summed E-state index contributed by atoms with van der Waals surface area (Å²) in [6.07, 6.45) is 6.43. The van der Waals surface area contributed by atoms with Crippen molar-refractivity contribution in [3.8, 4) is 5.88 Å². The van der Waals surface area contributed by atoms with Gasteiger partial charge in [-0.05, 0) is 37.1 Å². The molecule has 9 heteroatoms. The van der Waals surface area contributed by atoms with E-state index in [1.807, 2.05) is 13.0 Å². The third kappa shape index (κ3) is 4.61. The number of halogens is 1. The molecule has 0 fully saturated rings. The lowest BCUT2D eigenvalue weighted by Crippen LogP contribution is -2.17. The van der Waals surface area contributed by atoms with Crippen LogP contribution in [-0.4, -0.2) is 29.0 Å². The molecule has 1 aromatic carbocycles. The molecule has 3 rings (SSSR count). The van der Waals surface area contributed by atoms with Crippen molar-refractivity contribution in [3.63, 3.8) is 0 Å². The van der Waals surface area contributed by atoms with Crippen LogP contribution in [0.4, 0.5) is 15.8 Å². The summed E-state index contributed by atoms with van der Waals surface area (Å²) in [5, 5.41) is 2.61. The van der Waals surface area contributed by atoms with Gasteiger partial charge in [-0.1, -0.05) is 6.92 Å². The normalized spacial score (nSPS) is 16.5. The van der Waals surface area contributed by atoms with Crippen molar-refractivity contribution in [2.45, 2.75) is 19.8 Å². The zero-order valence-corrected chi connectivity index (χ0v) is 15.5. The molecule has 2 aromatic rings. The van der Waals surface area contributed by atoms with Crippen molar-refractivity contribution in [1.82, 2.24) is 9.97 Å². The zero-order valence-electron chi connectivity index (χ0n) is 15.5. The molecule has 28 heavy (non-hydrogen) atoms. The van der Waals surface area contributed by atoms with E-state index in [0.29, 0.717) is 5.69 Å². The van der Waals surface area contributed by atoms with E-state index >= 15 is 0 Å². The molecule has 0 spiro atoms. The number of rotatable bonds is 5. The molecule has 0 radical (unpaired) electrons. The van der Waals surface area contributed by atoms with Gasteiger partial charge in [-0.15, -0.1) is 0 Å². The minimum absolute atomic E-state index is 0.0534. The van der Waals surface area contributed by atoms with E-state index in [1.165, 1.54) is 37.7 Å². The van der Waals surface area contributed by atoms with Crippen LogP contribution in [0.25, 0.3) is 0 Å². The molecule has 1 aromatic heterocycles. The van der Waals surface area contributed by atoms with Gasteiger partial charge in [-0.3, -0.25) is 4.79 Å². The first-order valence-corrected chi connectivity index (χ1v) is 8.65. The maximum absolute atomic E-state index is 14.1. The Labute approximate surface area is 161 Å². The molecule has 1 atom stereocenters. The van der Waals surface area contributed by atoms with E-state index in [0.717, 1.165) is 18.6 Å². The van der Waals surface area contributed by atoms with Crippen LogP contribution in [0.15, 0.2) is 47.4 Å². The number of hydrogen-bond acceptors (Lipinski definition) is 6. The maximum Gasteiger partial charge on any atom is 0.292 e. The second-order valence-corrected chi connectivity index (χ2v) is 6.20. The summed E-state index contributed by atoms with van der Waals surface area (Å²) in [7, 11) is 1.45. The number of amides is 1. The average molecular weight is 385 g/mol. The number of benzene rings is 1. The van der Waals surface area contributed by atoms with Crippen molar-refractivity contribution < 1.29 is 18.7 Å². The van der Waals surface area contributed by atoms with Gasteiger partial charge < -0.3 is 20.5 Å². The van der Waals surface area contributed by atoms with Gasteiger partial charge in [0, 0.05) is 11.6 Å². The van der Waals surface area contributed by atoms with Gasteiger partial charge in [-0.25, -0.2) is 14.4 Å². The minimum atomic E-state index is -0.595. The number of nitrogens with zero attached hydrogens (tertiary/aromatic N) is 3. The third-order valence-electron chi connectivity index (χ3n) is 4.16. The lowest BCUT2D eigenvalue weighted by atomic mass is 10.1. The highest BCUT2D eigenvalue weighted by molar-refractivity contribution is 6.02. The standard InChI is InChI=1S/C19H20FN5O3/c1-11-4-3-5-16(11)28-19(21)25-14-8-12(6-7-13(14)20)24-18(26)15-9-23-17(27-2)10-22-15/h5-11H,3-4H2,1-2H3,(H2,21,25)(H,24,26)/t11-/m0/s1. The Morgan fingerprint density at radius 3 is 2.82 bits per heavy atom. The molecule has 1 heterocycles. The largest absolute Gasteiger partial charge is 0.480 e. The number of anilines is 1. The summed E-state index contributed by atoms with van der Waals surface area (Å²) < 4.78 is 24.5. The van der Waals surface area contributed by atoms with Crippen LogP contribution in [0.5, 0.6) is 5.88 Å². The number of carbonyl (C=O) groups excluding carboxylic acids is 1. The topological polar surface area (TPSA) is 112 Å². The van der Waals surface area contributed by atoms with Crippen LogP contribution < -0.4 is 15.8 Å². The van der Waals surface area contributed by atoms with Gasteiger partial charge in [0.25, 0.3) is 11.9 Å². The van der Waals surface area contributed by atoms with E-state index in [4.69, 9.17) is 15.2 Å². The third-order valence-corrected chi connectivity index (χ3v) is 4.16. The van der Waals surface area contributed by atoms with Crippen LogP contribution in [-0.2, 0) is 4.74 Å². The number of hydrogen-bond donors (Lipinski definition) is 2. The molecule has 1 aliphatic rings. The van der Waals surface area contributed by atoms with E-state index in [2.05, 4.69) is 20.3 Å². The summed E-state index contributed by atoms with van der Waals surface area (Å²) >= 11 is 0. The SMILES string of the molecule is COc1cnc(C(=O)Nc2ccc(F)c(/N=C(/N)OC3=CCC[C@@H]3C)c2)cn1. The Hall–Kier alpha value is -3.49. The Morgan fingerprint density at radius 2 is 2.18 bits per heavy atom. The minimum Gasteiger partial charge on any atom is -0.480 e. The number of allylic oxidation sites excluding steroid dienone is 2. The number of nitrogens with one attached hydrogen (secondary N) is 1. The number of carbonyl (C=O) groups is 1. The van der Waals surface area contributed by atoms with E-state index in [1.54, 1.807) is 0 Å². The van der Waals surface area contributed by atoms with Gasteiger partial charge in [0.1, 0.15) is 23.0 Å². The van der Waals surface area contributed by atoms with E-state index < -0.39 is 11.7 Å². The molecule has 3 N–H and O–H groups in total. The Bertz CT molecular complexity index is 928. The summed E-state index contributed by atoms with van der Waals surface area (Å²) in [4.78, 5) is 24.1. The average Bonchev–Trinajstić information content (AvgIpc) is 3.09.